The number of nitrogens with two attached hydrogens (primary N) is 1. The Labute approximate surface area is 96.1 Å². The lowest BCUT2D eigenvalue weighted by Gasteiger charge is -2.21. The highest BCUT2D eigenvalue weighted by Gasteiger charge is 2.28. The second-order valence-corrected chi connectivity index (χ2v) is 4.71. The first-order valence-electron chi connectivity index (χ1n) is 6.14. The minimum Gasteiger partial charge on any atom is -0.379 e. The van der Waals surface area contributed by atoms with Crippen molar-refractivity contribution in [1.29, 1.82) is 0 Å². The van der Waals surface area contributed by atoms with Gasteiger partial charge in [0.1, 0.15) is 0 Å². The van der Waals surface area contributed by atoms with Gasteiger partial charge in [0, 0.05) is 12.6 Å². The normalized spacial score (nSPS) is 33.9. The van der Waals surface area contributed by atoms with E-state index in [9.17, 15) is 4.79 Å². The highest BCUT2D eigenvalue weighted by molar-refractivity contribution is 5.74. The molecule has 0 aromatic rings. The summed E-state index contributed by atoms with van der Waals surface area (Å²) in [6, 6.07) is 0.367. The fourth-order valence-electron chi connectivity index (χ4n) is 2.55. The van der Waals surface area contributed by atoms with Crippen molar-refractivity contribution in [3.05, 3.63) is 0 Å². The van der Waals surface area contributed by atoms with Gasteiger partial charge in [-0.05, 0) is 31.7 Å². The molecule has 92 valence electrons. The zero-order valence-electron chi connectivity index (χ0n) is 9.58. The first kappa shape index (κ1) is 11.7. The summed E-state index contributed by atoms with van der Waals surface area (Å²) < 4.78 is 5.21. The number of amides is 2. The summed E-state index contributed by atoms with van der Waals surface area (Å²) in [5.74, 6) is 0.450. The fourth-order valence-corrected chi connectivity index (χ4v) is 2.55. The Morgan fingerprint density at radius 2 is 2.19 bits per heavy atom. The molecule has 2 fully saturated rings. The topological polar surface area (TPSA) is 76.4 Å². The van der Waals surface area contributed by atoms with Crippen molar-refractivity contribution in [2.24, 2.45) is 11.7 Å². The Hall–Kier alpha value is -0.810. The van der Waals surface area contributed by atoms with Gasteiger partial charge < -0.3 is 21.1 Å². The maximum atomic E-state index is 11.7. The number of rotatable bonds is 3. The predicted molar refractivity (Wildman–Crippen MR) is 61.1 cm³/mol. The van der Waals surface area contributed by atoms with E-state index in [0.29, 0.717) is 19.1 Å². The molecule has 2 aliphatic rings. The Morgan fingerprint density at radius 3 is 2.88 bits per heavy atom. The first-order valence-corrected chi connectivity index (χ1v) is 6.14. The lowest BCUT2D eigenvalue weighted by atomic mass is 10.0. The van der Waals surface area contributed by atoms with Gasteiger partial charge in [-0.15, -0.1) is 0 Å². The molecule has 5 nitrogen and oxygen atoms in total. The average Bonchev–Trinajstić information content (AvgIpc) is 2.88. The first-order chi connectivity index (χ1) is 7.79. The van der Waals surface area contributed by atoms with Crippen molar-refractivity contribution in [1.82, 2.24) is 10.6 Å². The van der Waals surface area contributed by atoms with Crippen molar-refractivity contribution in [2.75, 3.05) is 19.8 Å². The van der Waals surface area contributed by atoms with Crippen LogP contribution in [0.2, 0.25) is 0 Å². The molecule has 3 atom stereocenters. The van der Waals surface area contributed by atoms with Crippen molar-refractivity contribution in [2.45, 2.75) is 37.8 Å². The Kier molecular flexibility index (Phi) is 4.01. The predicted octanol–water partition coefficient (Wildman–Crippen LogP) is 0.202. The molecule has 1 saturated carbocycles. The highest BCUT2D eigenvalue weighted by Crippen LogP contribution is 2.24. The summed E-state index contributed by atoms with van der Waals surface area (Å²) >= 11 is 0. The van der Waals surface area contributed by atoms with Gasteiger partial charge in [-0.3, -0.25) is 0 Å². The summed E-state index contributed by atoms with van der Waals surface area (Å²) in [6.45, 7) is 2.05. The maximum absolute atomic E-state index is 11.7. The number of hydrogen-bond donors (Lipinski definition) is 3. The summed E-state index contributed by atoms with van der Waals surface area (Å²) in [5.41, 5.74) is 5.67. The minimum atomic E-state index is -0.0687. The van der Waals surface area contributed by atoms with E-state index in [4.69, 9.17) is 10.5 Å². The molecule has 3 unspecified atom stereocenters. The van der Waals surface area contributed by atoms with Crippen LogP contribution in [-0.2, 0) is 4.74 Å². The molecule has 1 aliphatic carbocycles. The van der Waals surface area contributed by atoms with E-state index in [0.717, 1.165) is 25.9 Å². The van der Waals surface area contributed by atoms with Crippen molar-refractivity contribution < 1.29 is 9.53 Å². The van der Waals surface area contributed by atoms with Gasteiger partial charge in [0.2, 0.25) is 0 Å². The summed E-state index contributed by atoms with van der Waals surface area (Å²) in [6.07, 6.45) is 4.27. The number of ether oxygens (including phenoxy) is 1. The van der Waals surface area contributed by atoms with Gasteiger partial charge in [0.15, 0.2) is 0 Å². The molecule has 1 saturated heterocycles. The lowest BCUT2D eigenvalue weighted by Crippen LogP contribution is -2.48. The average molecular weight is 227 g/mol. The van der Waals surface area contributed by atoms with Crippen LogP contribution in [0.4, 0.5) is 4.79 Å². The Balaban J connectivity index is 1.73. The number of hydrogen-bond acceptors (Lipinski definition) is 3. The summed E-state index contributed by atoms with van der Waals surface area (Å²) in [5, 5.41) is 5.96. The zero-order valence-corrected chi connectivity index (χ0v) is 9.58. The van der Waals surface area contributed by atoms with E-state index in [1.165, 1.54) is 6.42 Å². The summed E-state index contributed by atoms with van der Waals surface area (Å²) in [7, 11) is 0. The smallest absolute Gasteiger partial charge is 0.315 e. The molecule has 0 radical (unpaired) electrons. The minimum absolute atomic E-state index is 0.0687. The third-order valence-electron chi connectivity index (χ3n) is 3.54. The molecule has 0 aromatic carbocycles. The third kappa shape index (κ3) is 2.86. The van der Waals surface area contributed by atoms with Crippen LogP contribution in [-0.4, -0.2) is 37.9 Å². The van der Waals surface area contributed by atoms with Crippen LogP contribution in [0.1, 0.15) is 25.7 Å². The molecular weight excluding hydrogens is 206 g/mol. The zero-order chi connectivity index (χ0) is 11.4. The molecule has 1 heterocycles. The van der Waals surface area contributed by atoms with Crippen LogP contribution in [0, 0.1) is 5.92 Å². The van der Waals surface area contributed by atoms with Crippen molar-refractivity contribution in [3.63, 3.8) is 0 Å². The van der Waals surface area contributed by atoms with Crippen molar-refractivity contribution >= 4 is 6.03 Å². The molecule has 4 N–H and O–H groups in total. The summed E-state index contributed by atoms with van der Waals surface area (Å²) in [4.78, 5) is 11.7. The quantitative estimate of drug-likeness (QED) is 0.644. The van der Waals surface area contributed by atoms with Crippen LogP contribution in [0.25, 0.3) is 0 Å². The van der Waals surface area contributed by atoms with E-state index in [-0.39, 0.29) is 18.1 Å². The van der Waals surface area contributed by atoms with Crippen LogP contribution in [0.15, 0.2) is 0 Å². The molecule has 16 heavy (non-hydrogen) atoms. The molecule has 0 aromatic heterocycles. The van der Waals surface area contributed by atoms with E-state index < -0.39 is 0 Å². The third-order valence-corrected chi connectivity index (χ3v) is 3.54. The maximum Gasteiger partial charge on any atom is 0.315 e. The monoisotopic (exact) mass is 227 g/mol. The van der Waals surface area contributed by atoms with Crippen molar-refractivity contribution in [3.8, 4) is 0 Å². The van der Waals surface area contributed by atoms with E-state index in [1.807, 2.05) is 0 Å². The Morgan fingerprint density at radius 1 is 1.31 bits per heavy atom. The van der Waals surface area contributed by atoms with E-state index in [2.05, 4.69) is 10.6 Å². The van der Waals surface area contributed by atoms with Crippen LogP contribution in [0.5, 0.6) is 0 Å². The number of urea groups is 1. The molecule has 0 spiro atoms. The van der Waals surface area contributed by atoms with Gasteiger partial charge in [0.25, 0.3) is 0 Å². The largest absolute Gasteiger partial charge is 0.379 e. The second-order valence-electron chi connectivity index (χ2n) is 4.71. The second kappa shape index (κ2) is 5.50. The van der Waals surface area contributed by atoms with Gasteiger partial charge in [0.05, 0.1) is 12.6 Å². The highest BCUT2D eigenvalue weighted by atomic mass is 16.5. The van der Waals surface area contributed by atoms with Crippen LogP contribution < -0.4 is 16.4 Å². The fraction of sp³-hybridized carbons (Fsp3) is 0.909. The SMILES string of the molecule is NCC1CCCC1NC(=O)NC1CCOC1. The molecule has 5 heteroatoms. The Bertz CT molecular complexity index is 241. The van der Waals surface area contributed by atoms with Gasteiger partial charge in [-0.2, -0.15) is 0 Å². The van der Waals surface area contributed by atoms with Gasteiger partial charge in [-0.1, -0.05) is 6.42 Å². The van der Waals surface area contributed by atoms with Crippen LogP contribution in [0.3, 0.4) is 0 Å². The standard InChI is InChI=1S/C11H21N3O2/c12-6-8-2-1-3-10(8)14-11(15)13-9-4-5-16-7-9/h8-10H,1-7,12H2,(H2,13,14,15). The molecular formula is C11H21N3O2. The lowest BCUT2D eigenvalue weighted by molar-refractivity contribution is 0.187. The van der Waals surface area contributed by atoms with Crippen LogP contribution >= 0.6 is 0 Å². The number of nitrogens with one attached hydrogen (secondary N) is 2. The van der Waals surface area contributed by atoms with E-state index >= 15 is 0 Å². The number of carbonyl (C=O) groups is 1. The van der Waals surface area contributed by atoms with Gasteiger partial charge in [-0.25, -0.2) is 4.79 Å². The van der Waals surface area contributed by atoms with Gasteiger partial charge >= 0.3 is 6.03 Å². The molecule has 2 rings (SSSR count). The molecule has 2 amide bonds. The number of carbonyl (C=O) groups excluding carboxylic acids is 1. The molecule has 1 aliphatic heterocycles. The van der Waals surface area contributed by atoms with E-state index in [1.54, 1.807) is 0 Å². The molecule has 0 bridgehead atoms.